The minimum atomic E-state index is 0.319. The molecule has 0 bridgehead atoms. The maximum Gasteiger partial charge on any atom is 0.00819 e. The molecule has 2 atom stereocenters. The van der Waals surface area contributed by atoms with Crippen LogP contribution in [-0.4, -0.2) is 6.04 Å². The smallest absolute Gasteiger partial charge is 0.00819 e. The molecule has 17 heavy (non-hydrogen) atoms. The third kappa shape index (κ3) is 5.88. The molecular formula is C16H27N. The Kier molecular flexibility index (Phi) is 6.95. The summed E-state index contributed by atoms with van der Waals surface area (Å²) in [5, 5.41) is 0. The van der Waals surface area contributed by atoms with Crippen LogP contribution in [0.3, 0.4) is 0 Å². The number of hydrogen-bond acceptors (Lipinski definition) is 1. The van der Waals surface area contributed by atoms with Crippen LogP contribution in [-0.2, 0) is 6.42 Å². The molecule has 2 N–H and O–H groups in total. The van der Waals surface area contributed by atoms with Gasteiger partial charge in [0.15, 0.2) is 0 Å². The first-order valence-electron chi connectivity index (χ1n) is 7.05. The molecule has 0 fully saturated rings. The lowest BCUT2D eigenvalue weighted by molar-refractivity contribution is 0.383. The second-order valence-corrected chi connectivity index (χ2v) is 5.10. The van der Waals surface area contributed by atoms with Gasteiger partial charge in [-0.1, -0.05) is 69.9 Å². The molecular weight excluding hydrogens is 206 g/mol. The summed E-state index contributed by atoms with van der Waals surface area (Å²) in [5.74, 6) is 0.814. The Hall–Kier alpha value is -0.820. The van der Waals surface area contributed by atoms with Crippen molar-refractivity contribution in [2.24, 2.45) is 11.7 Å². The van der Waals surface area contributed by atoms with E-state index in [0.717, 1.165) is 12.3 Å². The molecule has 1 aromatic carbocycles. The standard InChI is InChI=1S/C16H27N/c1-3-5-9-14(4-2)12-16(17)13-15-10-7-6-8-11-15/h6-8,10-11,14,16H,3-5,9,12-13,17H2,1-2H3. The molecule has 2 unspecified atom stereocenters. The minimum Gasteiger partial charge on any atom is -0.327 e. The number of benzene rings is 1. The maximum atomic E-state index is 6.25. The van der Waals surface area contributed by atoms with Crippen LogP contribution in [0, 0.1) is 5.92 Å². The van der Waals surface area contributed by atoms with Gasteiger partial charge in [-0.05, 0) is 24.3 Å². The first-order chi connectivity index (χ1) is 8.26. The van der Waals surface area contributed by atoms with E-state index in [9.17, 15) is 0 Å². The number of nitrogens with two attached hydrogens (primary N) is 1. The zero-order valence-electron chi connectivity index (χ0n) is 11.4. The van der Waals surface area contributed by atoms with Gasteiger partial charge < -0.3 is 5.73 Å². The van der Waals surface area contributed by atoms with Gasteiger partial charge in [0.05, 0.1) is 0 Å². The van der Waals surface area contributed by atoms with E-state index in [0.29, 0.717) is 6.04 Å². The van der Waals surface area contributed by atoms with Crippen molar-refractivity contribution in [3.05, 3.63) is 35.9 Å². The summed E-state index contributed by atoms with van der Waals surface area (Å²) in [4.78, 5) is 0. The quantitative estimate of drug-likeness (QED) is 0.716. The molecule has 0 saturated heterocycles. The van der Waals surface area contributed by atoms with E-state index in [2.05, 4.69) is 44.2 Å². The first kappa shape index (κ1) is 14.2. The molecule has 1 heteroatoms. The number of unbranched alkanes of at least 4 members (excludes halogenated alkanes) is 1. The third-order valence-electron chi connectivity index (χ3n) is 3.52. The fraction of sp³-hybridized carbons (Fsp3) is 0.625. The Morgan fingerprint density at radius 2 is 1.82 bits per heavy atom. The molecule has 0 saturated carbocycles. The van der Waals surface area contributed by atoms with Crippen molar-refractivity contribution >= 4 is 0 Å². The van der Waals surface area contributed by atoms with Crippen LogP contribution in [0.5, 0.6) is 0 Å². The van der Waals surface area contributed by atoms with Crippen LogP contribution in [0.4, 0.5) is 0 Å². The highest BCUT2D eigenvalue weighted by atomic mass is 14.6. The average molecular weight is 233 g/mol. The molecule has 1 nitrogen and oxygen atoms in total. The van der Waals surface area contributed by atoms with Crippen molar-refractivity contribution < 1.29 is 0 Å². The fourth-order valence-corrected chi connectivity index (χ4v) is 2.41. The number of rotatable bonds is 8. The summed E-state index contributed by atoms with van der Waals surface area (Å²) in [5.41, 5.74) is 7.62. The maximum absolute atomic E-state index is 6.25. The van der Waals surface area contributed by atoms with Crippen molar-refractivity contribution in [2.45, 2.75) is 58.4 Å². The molecule has 0 radical (unpaired) electrons. The zero-order chi connectivity index (χ0) is 12.5. The van der Waals surface area contributed by atoms with Crippen LogP contribution in [0.15, 0.2) is 30.3 Å². The SMILES string of the molecule is CCCCC(CC)CC(N)Cc1ccccc1. The Morgan fingerprint density at radius 3 is 2.41 bits per heavy atom. The van der Waals surface area contributed by atoms with Crippen molar-refractivity contribution in [3.63, 3.8) is 0 Å². The van der Waals surface area contributed by atoms with E-state index in [-0.39, 0.29) is 0 Å². The van der Waals surface area contributed by atoms with Gasteiger partial charge in [0.2, 0.25) is 0 Å². The third-order valence-corrected chi connectivity index (χ3v) is 3.52. The second kappa shape index (κ2) is 8.30. The van der Waals surface area contributed by atoms with Crippen LogP contribution < -0.4 is 5.73 Å². The van der Waals surface area contributed by atoms with Crippen LogP contribution in [0.2, 0.25) is 0 Å². The van der Waals surface area contributed by atoms with Gasteiger partial charge in [-0.3, -0.25) is 0 Å². The van der Waals surface area contributed by atoms with E-state index in [1.54, 1.807) is 0 Å². The van der Waals surface area contributed by atoms with Crippen molar-refractivity contribution in [3.8, 4) is 0 Å². The minimum absolute atomic E-state index is 0.319. The molecule has 0 aliphatic heterocycles. The fourth-order valence-electron chi connectivity index (χ4n) is 2.41. The molecule has 1 aromatic rings. The van der Waals surface area contributed by atoms with Gasteiger partial charge in [-0.15, -0.1) is 0 Å². The van der Waals surface area contributed by atoms with Crippen LogP contribution in [0.1, 0.15) is 51.5 Å². The summed E-state index contributed by atoms with van der Waals surface area (Å²) < 4.78 is 0. The van der Waals surface area contributed by atoms with E-state index in [4.69, 9.17) is 5.73 Å². The van der Waals surface area contributed by atoms with E-state index < -0.39 is 0 Å². The normalized spacial score (nSPS) is 14.5. The van der Waals surface area contributed by atoms with Crippen molar-refractivity contribution in [2.75, 3.05) is 0 Å². The molecule has 0 aliphatic carbocycles. The topological polar surface area (TPSA) is 26.0 Å². The van der Waals surface area contributed by atoms with E-state index >= 15 is 0 Å². The van der Waals surface area contributed by atoms with Crippen molar-refractivity contribution in [1.29, 1.82) is 0 Å². The monoisotopic (exact) mass is 233 g/mol. The lowest BCUT2D eigenvalue weighted by atomic mass is 9.90. The van der Waals surface area contributed by atoms with Crippen molar-refractivity contribution in [1.82, 2.24) is 0 Å². The first-order valence-corrected chi connectivity index (χ1v) is 7.05. The van der Waals surface area contributed by atoms with E-state index in [1.807, 2.05) is 0 Å². The predicted octanol–water partition coefficient (Wildman–Crippen LogP) is 4.16. The Bertz CT molecular complexity index is 281. The van der Waals surface area contributed by atoms with Gasteiger partial charge in [0, 0.05) is 6.04 Å². The lowest BCUT2D eigenvalue weighted by Gasteiger charge is -2.19. The highest BCUT2D eigenvalue weighted by Crippen LogP contribution is 2.19. The molecule has 0 aliphatic rings. The van der Waals surface area contributed by atoms with Gasteiger partial charge in [0.25, 0.3) is 0 Å². The summed E-state index contributed by atoms with van der Waals surface area (Å²) in [6.45, 7) is 4.55. The highest BCUT2D eigenvalue weighted by molar-refractivity contribution is 5.15. The summed E-state index contributed by atoms with van der Waals surface area (Å²) in [6.07, 6.45) is 7.44. The van der Waals surface area contributed by atoms with E-state index in [1.165, 1.54) is 37.7 Å². The van der Waals surface area contributed by atoms with Gasteiger partial charge in [0.1, 0.15) is 0 Å². The zero-order valence-corrected chi connectivity index (χ0v) is 11.4. The van der Waals surface area contributed by atoms with Gasteiger partial charge in [-0.2, -0.15) is 0 Å². The Labute approximate surface area is 106 Å². The van der Waals surface area contributed by atoms with Gasteiger partial charge in [-0.25, -0.2) is 0 Å². The summed E-state index contributed by atoms with van der Waals surface area (Å²) >= 11 is 0. The molecule has 0 amide bonds. The largest absolute Gasteiger partial charge is 0.327 e. The lowest BCUT2D eigenvalue weighted by Crippen LogP contribution is -2.26. The molecule has 1 rings (SSSR count). The number of hydrogen-bond donors (Lipinski definition) is 1. The second-order valence-electron chi connectivity index (χ2n) is 5.10. The van der Waals surface area contributed by atoms with Gasteiger partial charge >= 0.3 is 0 Å². The Balaban J connectivity index is 2.34. The molecule has 96 valence electrons. The van der Waals surface area contributed by atoms with Crippen LogP contribution >= 0.6 is 0 Å². The van der Waals surface area contributed by atoms with Crippen LogP contribution in [0.25, 0.3) is 0 Å². The average Bonchev–Trinajstić information content (AvgIpc) is 2.35. The highest BCUT2D eigenvalue weighted by Gasteiger charge is 2.11. The molecule has 0 heterocycles. The summed E-state index contributed by atoms with van der Waals surface area (Å²) in [7, 11) is 0. The predicted molar refractivity (Wildman–Crippen MR) is 76.0 cm³/mol. The molecule has 0 aromatic heterocycles. The Morgan fingerprint density at radius 1 is 1.12 bits per heavy atom. The molecule has 0 spiro atoms. The summed E-state index contributed by atoms with van der Waals surface area (Å²) in [6, 6.07) is 10.9.